The minimum absolute atomic E-state index is 0.257. The van der Waals surface area contributed by atoms with Gasteiger partial charge in [-0.05, 0) is 36.4 Å². The Morgan fingerprint density at radius 2 is 1.82 bits per heavy atom. The SMILES string of the molecule is Cn1c(-c2ccccc2Cl)nc2c(C(=O)Nc3ccccn3)cccc2c1=O. The van der Waals surface area contributed by atoms with Crippen molar-refractivity contribution in [3.8, 4) is 11.4 Å². The molecule has 0 saturated heterocycles. The van der Waals surface area contributed by atoms with Crippen LogP contribution in [-0.2, 0) is 7.05 Å². The summed E-state index contributed by atoms with van der Waals surface area (Å²) in [5.41, 5.74) is 0.959. The molecule has 0 unspecified atom stereocenters. The summed E-state index contributed by atoms with van der Waals surface area (Å²) < 4.78 is 1.43. The highest BCUT2D eigenvalue weighted by Gasteiger charge is 2.18. The largest absolute Gasteiger partial charge is 0.306 e. The smallest absolute Gasteiger partial charge is 0.261 e. The number of amides is 1. The maximum atomic E-state index is 12.9. The van der Waals surface area contributed by atoms with Crippen LogP contribution < -0.4 is 10.9 Å². The summed E-state index contributed by atoms with van der Waals surface area (Å²) in [6.07, 6.45) is 1.59. The van der Waals surface area contributed by atoms with E-state index in [0.717, 1.165) is 0 Å². The van der Waals surface area contributed by atoms with E-state index in [-0.39, 0.29) is 11.1 Å². The number of hydrogen-bond donors (Lipinski definition) is 1. The lowest BCUT2D eigenvalue weighted by atomic mass is 10.1. The fraction of sp³-hybridized carbons (Fsp3) is 0.0476. The lowest BCUT2D eigenvalue weighted by Crippen LogP contribution is -2.22. The highest BCUT2D eigenvalue weighted by Crippen LogP contribution is 2.27. The van der Waals surface area contributed by atoms with Gasteiger partial charge in [-0.1, -0.05) is 35.9 Å². The highest BCUT2D eigenvalue weighted by molar-refractivity contribution is 6.33. The number of fused-ring (bicyclic) bond motifs is 1. The fourth-order valence-corrected chi connectivity index (χ4v) is 3.20. The van der Waals surface area contributed by atoms with Gasteiger partial charge in [0.15, 0.2) is 0 Å². The number of benzene rings is 2. The number of rotatable bonds is 3. The summed E-state index contributed by atoms with van der Waals surface area (Å²) in [5, 5.41) is 3.56. The molecule has 2 heterocycles. The summed E-state index contributed by atoms with van der Waals surface area (Å²) in [7, 11) is 1.63. The van der Waals surface area contributed by atoms with Gasteiger partial charge in [0.05, 0.1) is 21.5 Å². The van der Waals surface area contributed by atoms with E-state index < -0.39 is 5.91 Å². The molecule has 2 aromatic heterocycles. The summed E-state index contributed by atoms with van der Waals surface area (Å²) in [6, 6.07) is 17.3. The Bertz CT molecular complexity index is 1250. The Morgan fingerprint density at radius 3 is 2.57 bits per heavy atom. The summed E-state index contributed by atoms with van der Waals surface area (Å²) in [6.45, 7) is 0. The van der Waals surface area contributed by atoms with E-state index in [4.69, 9.17) is 11.6 Å². The van der Waals surface area contributed by atoms with E-state index in [2.05, 4.69) is 15.3 Å². The van der Waals surface area contributed by atoms with Crippen LogP contribution in [0.3, 0.4) is 0 Å². The molecule has 0 atom stereocenters. The fourth-order valence-electron chi connectivity index (χ4n) is 2.98. The average Bonchev–Trinajstić information content (AvgIpc) is 2.71. The monoisotopic (exact) mass is 390 g/mol. The molecule has 0 spiro atoms. The molecular weight excluding hydrogens is 376 g/mol. The van der Waals surface area contributed by atoms with E-state index in [1.807, 2.05) is 6.07 Å². The third-order valence-electron chi connectivity index (χ3n) is 4.37. The molecule has 7 heteroatoms. The second-order valence-corrected chi connectivity index (χ2v) is 6.56. The van der Waals surface area contributed by atoms with Crippen LogP contribution in [0.2, 0.25) is 5.02 Å². The van der Waals surface area contributed by atoms with Crippen molar-refractivity contribution < 1.29 is 4.79 Å². The highest BCUT2D eigenvalue weighted by atomic mass is 35.5. The van der Waals surface area contributed by atoms with Gasteiger partial charge in [0.25, 0.3) is 11.5 Å². The predicted octanol–water partition coefficient (Wildman–Crippen LogP) is 3.90. The van der Waals surface area contributed by atoms with Crippen LogP contribution in [0.1, 0.15) is 10.4 Å². The van der Waals surface area contributed by atoms with Gasteiger partial charge < -0.3 is 5.32 Å². The van der Waals surface area contributed by atoms with E-state index in [1.54, 1.807) is 67.8 Å². The zero-order valence-corrected chi connectivity index (χ0v) is 15.6. The van der Waals surface area contributed by atoms with Crippen LogP contribution in [0.15, 0.2) is 71.7 Å². The van der Waals surface area contributed by atoms with Crippen molar-refractivity contribution in [2.75, 3.05) is 5.32 Å². The van der Waals surface area contributed by atoms with Crippen LogP contribution >= 0.6 is 11.6 Å². The number of carbonyl (C=O) groups excluding carboxylic acids is 1. The first-order valence-electron chi connectivity index (χ1n) is 8.53. The van der Waals surface area contributed by atoms with Crippen molar-refractivity contribution in [2.24, 2.45) is 7.05 Å². The number of pyridine rings is 1. The maximum absolute atomic E-state index is 12.9. The lowest BCUT2D eigenvalue weighted by Gasteiger charge is -2.12. The maximum Gasteiger partial charge on any atom is 0.261 e. The second kappa shape index (κ2) is 7.25. The summed E-state index contributed by atoms with van der Waals surface area (Å²) in [5.74, 6) is 0.413. The van der Waals surface area contributed by atoms with Crippen molar-refractivity contribution >= 4 is 34.2 Å². The first kappa shape index (κ1) is 17.9. The molecule has 4 aromatic rings. The minimum atomic E-state index is -0.393. The van der Waals surface area contributed by atoms with E-state index in [9.17, 15) is 9.59 Å². The van der Waals surface area contributed by atoms with Crippen LogP contribution in [0.5, 0.6) is 0 Å². The van der Waals surface area contributed by atoms with Gasteiger partial charge in [0.1, 0.15) is 11.6 Å². The molecule has 4 rings (SSSR count). The van der Waals surface area contributed by atoms with Crippen molar-refractivity contribution in [3.05, 3.63) is 87.8 Å². The molecule has 0 saturated carbocycles. The van der Waals surface area contributed by atoms with Gasteiger partial charge in [-0.25, -0.2) is 9.97 Å². The number of carbonyl (C=O) groups is 1. The molecule has 0 radical (unpaired) electrons. The van der Waals surface area contributed by atoms with Crippen LogP contribution in [0, 0.1) is 0 Å². The molecule has 28 heavy (non-hydrogen) atoms. The first-order valence-corrected chi connectivity index (χ1v) is 8.91. The van der Waals surface area contributed by atoms with Gasteiger partial charge in [0.2, 0.25) is 0 Å². The Labute approximate surface area is 165 Å². The van der Waals surface area contributed by atoms with Crippen molar-refractivity contribution in [1.82, 2.24) is 14.5 Å². The molecule has 0 aliphatic rings. The topological polar surface area (TPSA) is 76.9 Å². The second-order valence-electron chi connectivity index (χ2n) is 6.15. The average molecular weight is 391 g/mol. The lowest BCUT2D eigenvalue weighted by molar-refractivity contribution is 0.102. The van der Waals surface area contributed by atoms with Crippen LogP contribution in [-0.4, -0.2) is 20.4 Å². The van der Waals surface area contributed by atoms with Crippen molar-refractivity contribution in [1.29, 1.82) is 0 Å². The quantitative estimate of drug-likeness (QED) is 0.575. The molecule has 0 bridgehead atoms. The first-order chi connectivity index (χ1) is 13.6. The molecule has 138 valence electrons. The van der Waals surface area contributed by atoms with Gasteiger partial charge in [0, 0.05) is 18.8 Å². The summed E-state index contributed by atoms with van der Waals surface area (Å²) in [4.78, 5) is 34.4. The van der Waals surface area contributed by atoms with E-state index >= 15 is 0 Å². The molecule has 1 amide bonds. The Kier molecular flexibility index (Phi) is 4.63. The third kappa shape index (κ3) is 3.14. The number of hydrogen-bond acceptors (Lipinski definition) is 4. The zero-order valence-electron chi connectivity index (χ0n) is 14.9. The standard InChI is InChI=1S/C21H15ClN4O2/c1-26-19(13-7-2-3-10-16(13)22)25-18-14(8-6-9-15(18)21(26)28)20(27)24-17-11-4-5-12-23-17/h2-12H,1H3,(H,23,24,27). The number of anilines is 1. The van der Waals surface area contributed by atoms with Gasteiger partial charge in [-0.15, -0.1) is 0 Å². The molecule has 0 aliphatic heterocycles. The van der Waals surface area contributed by atoms with Crippen molar-refractivity contribution in [3.63, 3.8) is 0 Å². The molecule has 0 fully saturated rings. The minimum Gasteiger partial charge on any atom is -0.306 e. The molecule has 1 N–H and O–H groups in total. The number of para-hydroxylation sites is 1. The normalized spacial score (nSPS) is 10.8. The number of halogens is 1. The number of nitrogens with zero attached hydrogens (tertiary/aromatic N) is 3. The Hall–Kier alpha value is -3.51. The van der Waals surface area contributed by atoms with Crippen molar-refractivity contribution in [2.45, 2.75) is 0 Å². The Balaban J connectivity index is 1.91. The van der Waals surface area contributed by atoms with Crippen LogP contribution in [0.4, 0.5) is 5.82 Å². The van der Waals surface area contributed by atoms with Gasteiger partial charge >= 0.3 is 0 Å². The summed E-state index contributed by atoms with van der Waals surface area (Å²) >= 11 is 6.30. The molecule has 6 nitrogen and oxygen atoms in total. The third-order valence-corrected chi connectivity index (χ3v) is 4.70. The molecular formula is C21H15ClN4O2. The van der Waals surface area contributed by atoms with E-state index in [0.29, 0.717) is 33.1 Å². The van der Waals surface area contributed by atoms with Gasteiger partial charge in [-0.2, -0.15) is 0 Å². The zero-order chi connectivity index (χ0) is 19.7. The number of nitrogens with one attached hydrogen (secondary N) is 1. The Morgan fingerprint density at radius 1 is 1.04 bits per heavy atom. The van der Waals surface area contributed by atoms with E-state index in [1.165, 1.54) is 4.57 Å². The molecule has 0 aliphatic carbocycles. The van der Waals surface area contributed by atoms with Gasteiger partial charge in [-0.3, -0.25) is 14.2 Å². The van der Waals surface area contributed by atoms with Crippen LogP contribution in [0.25, 0.3) is 22.3 Å². The number of aromatic nitrogens is 3. The predicted molar refractivity (Wildman–Crippen MR) is 110 cm³/mol. The molecule has 2 aromatic carbocycles.